The molecule has 7 heteroatoms. The molecular formula is C13H11ClN4O2. The predicted octanol–water partition coefficient (Wildman–Crippen LogP) is 3.20. The highest BCUT2D eigenvalue weighted by atomic mass is 35.5. The van der Waals surface area contributed by atoms with Crippen molar-refractivity contribution in [2.45, 2.75) is 6.92 Å². The second-order valence-electron chi connectivity index (χ2n) is 3.91. The molecule has 0 aliphatic rings. The van der Waals surface area contributed by atoms with Gasteiger partial charge < -0.3 is 14.5 Å². The molecule has 0 saturated heterocycles. The normalized spacial score (nSPS) is 10.7. The molecule has 102 valence electrons. The zero-order valence-electron chi connectivity index (χ0n) is 10.6. The minimum atomic E-state index is 0.0839. The van der Waals surface area contributed by atoms with Crippen molar-refractivity contribution < 1.29 is 9.47 Å². The van der Waals surface area contributed by atoms with Crippen LogP contribution in [0.5, 0.6) is 17.4 Å². The van der Waals surface area contributed by atoms with E-state index >= 15 is 0 Å². The molecule has 2 heterocycles. The van der Waals surface area contributed by atoms with E-state index in [2.05, 4.69) is 19.9 Å². The van der Waals surface area contributed by atoms with Crippen molar-refractivity contribution in [1.82, 2.24) is 19.9 Å². The third kappa shape index (κ3) is 2.50. The van der Waals surface area contributed by atoms with Gasteiger partial charge in [0, 0.05) is 6.07 Å². The van der Waals surface area contributed by atoms with Gasteiger partial charge in [-0.2, -0.15) is 9.97 Å². The number of fused-ring (bicyclic) bond motifs is 1. The van der Waals surface area contributed by atoms with Crippen LogP contribution in [0.3, 0.4) is 0 Å². The summed E-state index contributed by atoms with van der Waals surface area (Å²) in [7, 11) is 0. The molecule has 0 aliphatic carbocycles. The number of hydrogen-bond acceptors (Lipinski definition) is 5. The van der Waals surface area contributed by atoms with Crippen LogP contribution in [0.15, 0.2) is 30.6 Å². The van der Waals surface area contributed by atoms with E-state index in [1.54, 1.807) is 12.1 Å². The summed E-state index contributed by atoms with van der Waals surface area (Å²) < 4.78 is 11.2. The third-order valence-corrected chi connectivity index (χ3v) is 2.73. The van der Waals surface area contributed by atoms with Crippen molar-refractivity contribution in [1.29, 1.82) is 0 Å². The van der Waals surface area contributed by atoms with E-state index in [9.17, 15) is 0 Å². The second-order valence-corrected chi connectivity index (χ2v) is 4.25. The highest BCUT2D eigenvalue weighted by Gasteiger charge is 2.11. The summed E-state index contributed by atoms with van der Waals surface area (Å²) in [5, 5.41) is 0.0839. The number of halogens is 1. The Morgan fingerprint density at radius 3 is 2.95 bits per heavy atom. The van der Waals surface area contributed by atoms with Gasteiger partial charge in [0.15, 0.2) is 5.65 Å². The number of ether oxygens (including phenoxy) is 2. The number of aromatic nitrogens is 4. The maximum atomic E-state index is 5.85. The van der Waals surface area contributed by atoms with E-state index in [-0.39, 0.29) is 5.28 Å². The first-order chi connectivity index (χ1) is 9.76. The summed E-state index contributed by atoms with van der Waals surface area (Å²) in [4.78, 5) is 15.0. The van der Waals surface area contributed by atoms with Crippen molar-refractivity contribution in [3.05, 3.63) is 35.9 Å². The largest absolute Gasteiger partial charge is 0.494 e. The van der Waals surface area contributed by atoms with E-state index in [0.717, 1.165) is 5.75 Å². The van der Waals surface area contributed by atoms with Crippen LogP contribution < -0.4 is 9.47 Å². The summed E-state index contributed by atoms with van der Waals surface area (Å²) in [5.41, 5.74) is 1.05. The lowest BCUT2D eigenvalue weighted by molar-refractivity contribution is 0.338. The van der Waals surface area contributed by atoms with Crippen molar-refractivity contribution >= 4 is 22.8 Å². The molecule has 3 aromatic rings. The zero-order chi connectivity index (χ0) is 13.9. The first kappa shape index (κ1) is 12.7. The first-order valence-corrected chi connectivity index (χ1v) is 6.41. The lowest BCUT2D eigenvalue weighted by atomic mass is 10.3. The van der Waals surface area contributed by atoms with E-state index < -0.39 is 0 Å². The molecule has 0 atom stereocenters. The Kier molecular flexibility index (Phi) is 3.39. The lowest BCUT2D eigenvalue weighted by Crippen LogP contribution is -1.94. The van der Waals surface area contributed by atoms with Crippen LogP contribution in [0.1, 0.15) is 6.92 Å². The average Bonchev–Trinajstić information content (AvgIpc) is 2.87. The number of aromatic amines is 1. The quantitative estimate of drug-likeness (QED) is 0.747. The summed E-state index contributed by atoms with van der Waals surface area (Å²) in [6.45, 7) is 2.51. The molecule has 1 aromatic carbocycles. The minimum absolute atomic E-state index is 0.0839. The van der Waals surface area contributed by atoms with E-state index in [1.807, 2.05) is 19.1 Å². The Morgan fingerprint density at radius 2 is 2.10 bits per heavy atom. The highest BCUT2D eigenvalue weighted by molar-refractivity contribution is 6.28. The van der Waals surface area contributed by atoms with E-state index in [1.165, 1.54) is 6.33 Å². The van der Waals surface area contributed by atoms with Gasteiger partial charge in [-0.25, -0.2) is 4.98 Å². The fourth-order valence-corrected chi connectivity index (χ4v) is 1.92. The summed E-state index contributed by atoms with van der Waals surface area (Å²) in [6.07, 6.45) is 1.51. The van der Waals surface area contributed by atoms with Crippen LogP contribution in [0.2, 0.25) is 5.28 Å². The molecule has 0 saturated carbocycles. The molecule has 0 bridgehead atoms. The molecule has 1 N–H and O–H groups in total. The summed E-state index contributed by atoms with van der Waals surface area (Å²) in [6, 6.07) is 7.28. The maximum Gasteiger partial charge on any atom is 0.250 e. The van der Waals surface area contributed by atoms with Crippen LogP contribution in [-0.2, 0) is 0 Å². The van der Waals surface area contributed by atoms with Gasteiger partial charge in [-0.3, -0.25) is 0 Å². The number of hydrogen-bond donors (Lipinski definition) is 1. The summed E-state index contributed by atoms with van der Waals surface area (Å²) in [5.74, 6) is 1.65. The first-order valence-electron chi connectivity index (χ1n) is 6.03. The summed E-state index contributed by atoms with van der Waals surface area (Å²) >= 11 is 5.85. The number of rotatable bonds is 4. The predicted molar refractivity (Wildman–Crippen MR) is 74.4 cm³/mol. The van der Waals surface area contributed by atoms with Crippen molar-refractivity contribution in [3.63, 3.8) is 0 Å². The Morgan fingerprint density at radius 1 is 1.25 bits per heavy atom. The van der Waals surface area contributed by atoms with Crippen LogP contribution in [-0.4, -0.2) is 26.5 Å². The molecule has 2 aromatic heterocycles. The SMILES string of the molecule is CCOc1cccc(Oc2nc(Cl)nc3nc[nH]c23)c1. The number of benzene rings is 1. The third-order valence-electron chi connectivity index (χ3n) is 2.56. The standard InChI is InChI=1S/C13H11ClN4O2/c1-2-19-8-4-3-5-9(6-8)20-12-10-11(16-7-15-10)17-13(14)18-12/h3-7H,2H2,1H3,(H,15,16,17,18). The van der Waals surface area contributed by atoms with Gasteiger partial charge in [0.2, 0.25) is 11.2 Å². The molecule has 20 heavy (non-hydrogen) atoms. The number of H-pyrrole nitrogens is 1. The Hall–Kier alpha value is -2.34. The molecule has 0 unspecified atom stereocenters. The van der Waals surface area contributed by atoms with Gasteiger partial charge in [0.1, 0.15) is 17.0 Å². The van der Waals surface area contributed by atoms with Crippen LogP contribution in [0.4, 0.5) is 0 Å². The van der Waals surface area contributed by atoms with Gasteiger partial charge in [-0.1, -0.05) is 6.07 Å². The van der Waals surface area contributed by atoms with Crippen LogP contribution in [0.25, 0.3) is 11.2 Å². The molecule has 0 aliphatic heterocycles. The minimum Gasteiger partial charge on any atom is -0.494 e. The topological polar surface area (TPSA) is 72.9 Å². The molecule has 0 spiro atoms. The van der Waals surface area contributed by atoms with Gasteiger partial charge >= 0.3 is 0 Å². The molecule has 0 amide bonds. The fraction of sp³-hybridized carbons (Fsp3) is 0.154. The zero-order valence-corrected chi connectivity index (χ0v) is 11.4. The molecule has 0 fully saturated rings. The Labute approximate surface area is 119 Å². The fourth-order valence-electron chi connectivity index (χ4n) is 1.76. The number of nitrogens with zero attached hydrogens (tertiary/aromatic N) is 3. The van der Waals surface area contributed by atoms with Gasteiger partial charge in [0.05, 0.1) is 12.9 Å². The van der Waals surface area contributed by atoms with Gasteiger partial charge in [-0.15, -0.1) is 0 Å². The number of nitrogens with one attached hydrogen (secondary N) is 1. The Balaban J connectivity index is 1.96. The van der Waals surface area contributed by atoms with Gasteiger partial charge in [0.25, 0.3) is 0 Å². The smallest absolute Gasteiger partial charge is 0.250 e. The monoisotopic (exact) mass is 290 g/mol. The molecule has 3 rings (SSSR count). The number of imidazole rings is 1. The average molecular weight is 291 g/mol. The van der Waals surface area contributed by atoms with Crippen molar-refractivity contribution in [2.24, 2.45) is 0 Å². The van der Waals surface area contributed by atoms with E-state index in [4.69, 9.17) is 21.1 Å². The van der Waals surface area contributed by atoms with Crippen LogP contribution >= 0.6 is 11.6 Å². The molecule has 6 nitrogen and oxygen atoms in total. The maximum absolute atomic E-state index is 5.85. The lowest BCUT2D eigenvalue weighted by Gasteiger charge is -2.08. The second kappa shape index (κ2) is 5.34. The van der Waals surface area contributed by atoms with E-state index in [0.29, 0.717) is 29.4 Å². The Bertz CT molecular complexity index is 744. The van der Waals surface area contributed by atoms with Crippen molar-refractivity contribution in [3.8, 4) is 17.4 Å². The highest BCUT2D eigenvalue weighted by Crippen LogP contribution is 2.28. The van der Waals surface area contributed by atoms with Gasteiger partial charge in [-0.05, 0) is 30.7 Å². The molecule has 0 radical (unpaired) electrons. The van der Waals surface area contributed by atoms with Crippen LogP contribution in [0, 0.1) is 0 Å². The molecular weight excluding hydrogens is 280 g/mol. The van der Waals surface area contributed by atoms with Crippen molar-refractivity contribution in [2.75, 3.05) is 6.61 Å².